The summed E-state index contributed by atoms with van der Waals surface area (Å²) in [6.07, 6.45) is 4.51. The van der Waals surface area contributed by atoms with E-state index in [9.17, 15) is 9.59 Å². The minimum absolute atomic E-state index is 0.0284. The molecule has 0 saturated carbocycles. The molecule has 6 heteroatoms. The average Bonchev–Trinajstić information content (AvgIpc) is 2.99. The van der Waals surface area contributed by atoms with Gasteiger partial charge in [0.2, 0.25) is 5.91 Å². The molecule has 2 aromatic heterocycles. The van der Waals surface area contributed by atoms with Crippen LogP contribution in [-0.2, 0) is 11.2 Å². The number of fused-ring (bicyclic) bond motifs is 2. The van der Waals surface area contributed by atoms with Gasteiger partial charge in [0.05, 0.1) is 17.3 Å². The van der Waals surface area contributed by atoms with E-state index in [0.717, 1.165) is 16.8 Å². The van der Waals surface area contributed by atoms with E-state index in [1.54, 1.807) is 23.0 Å². The van der Waals surface area contributed by atoms with Gasteiger partial charge < -0.3 is 10.6 Å². The van der Waals surface area contributed by atoms with Crippen LogP contribution in [0.4, 0.5) is 11.4 Å². The molecule has 0 bridgehead atoms. The van der Waals surface area contributed by atoms with E-state index in [2.05, 4.69) is 15.7 Å². The van der Waals surface area contributed by atoms with Gasteiger partial charge in [-0.1, -0.05) is 6.07 Å². The Morgan fingerprint density at radius 2 is 2.13 bits per heavy atom. The number of aromatic nitrogens is 2. The van der Waals surface area contributed by atoms with Gasteiger partial charge in [-0.3, -0.25) is 9.59 Å². The smallest absolute Gasteiger partial charge is 0.259 e. The summed E-state index contributed by atoms with van der Waals surface area (Å²) in [4.78, 5) is 23.9. The van der Waals surface area contributed by atoms with Crippen molar-refractivity contribution in [2.75, 3.05) is 10.6 Å². The van der Waals surface area contributed by atoms with Crippen molar-refractivity contribution in [2.45, 2.75) is 12.8 Å². The number of rotatable bonds is 2. The highest BCUT2D eigenvalue weighted by atomic mass is 16.2. The van der Waals surface area contributed by atoms with Crippen LogP contribution in [0.5, 0.6) is 0 Å². The molecule has 0 aliphatic carbocycles. The van der Waals surface area contributed by atoms with Crippen molar-refractivity contribution < 1.29 is 9.59 Å². The number of benzene rings is 1. The molecule has 1 aromatic carbocycles. The number of pyridine rings is 1. The molecule has 6 nitrogen and oxygen atoms in total. The minimum Gasteiger partial charge on any atom is -0.326 e. The molecule has 0 spiro atoms. The summed E-state index contributed by atoms with van der Waals surface area (Å²) in [5.74, 6) is -0.174. The number of nitrogens with zero attached hydrogens (tertiary/aromatic N) is 2. The third-order valence-electron chi connectivity index (χ3n) is 3.93. The summed E-state index contributed by atoms with van der Waals surface area (Å²) in [6.45, 7) is 0. The van der Waals surface area contributed by atoms with E-state index in [4.69, 9.17) is 0 Å². The van der Waals surface area contributed by atoms with Gasteiger partial charge in [-0.2, -0.15) is 5.10 Å². The van der Waals surface area contributed by atoms with Crippen molar-refractivity contribution >= 4 is 28.7 Å². The van der Waals surface area contributed by atoms with Crippen LogP contribution in [0, 0.1) is 0 Å². The summed E-state index contributed by atoms with van der Waals surface area (Å²) < 4.78 is 1.66. The molecular formula is C17H14N4O2. The van der Waals surface area contributed by atoms with Crippen molar-refractivity contribution in [1.29, 1.82) is 0 Å². The molecule has 2 amide bonds. The maximum atomic E-state index is 12.5. The number of carbonyl (C=O) groups is 2. The topological polar surface area (TPSA) is 75.5 Å². The molecule has 2 N–H and O–H groups in total. The van der Waals surface area contributed by atoms with Gasteiger partial charge >= 0.3 is 0 Å². The lowest BCUT2D eigenvalue weighted by Gasteiger charge is -2.17. The first-order valence-corrected chi connectivity index (χ1v) is 7.37. The molecular weight excluding hydrogens is 292 g/mol. The van der Waals surface area contributed by atoms with Crippen LogP contribution in [-0.4, -0.2) is 21.4 Å². The fraction of sp³-hybridized carbons (Fsp3) is 0.118. The number of amides is 2. The summed E-state index contributed by atoms with van der Waals surface area (Å²) in [7, 11) is 0. The summed E-state index contributed by atoms with van der Waals surface area (Å²) in [6, 6.07) is 11.1. The number of carbonyl (C=O) groups excluding carboxylic acids is 2. The van der Waals surface area contributed by atoms with Crippen molar-refractivity contribution in [2.24, 2.45) is 0 Å². The summed E-state index contributed by atoms with van der Waals surface area (Å²) in [5, 5.41) is 9.89. The Bertz CT molecular complexity index is 929. The van der Waals surface area contributed by atoms with Crippen LogP contribution in [0.2, 0.25) is 0 Å². The molecule has 1 aliphatic heterocycles. The zero-order chi connectivity index (χ0) is 15.8. The largest absolute Gasteiger partial charge is 0.326 e. The maximum Gasteiger partial charge on any atom is 0.259 e. The molecule has 0 atom stereocenters. The fourth-order valence-electron chi connectivity index (χ4n) is 2.77. The Hall–Kier alpha value is -3.15. The van der Waals surface area contributed by atoms with Gasteiger partial charge in [0.15, 0.2) is 0 Å². The number of aryl methyl sites for hydroxylation is 1. The van der Waals surface area contributed by atoms with E-state index in [1.165, 1.54) is 0 Å². The second-order valence-corrected chi connectivity index (χ2v) is 5.46. The Kier molecular flexibility index (Phi) is 3.08. The second kappa shape index (κ2) is 5.24. The van der Waals surface area contributed by atoms with E-state index < -0.39 is 0 Å². The minimum atomic E-state index is -0.203. The van der Waals surface area contributed by atoms with Gasteiger partial charge in [-0.25, -0.2) is 4.52 Å². The van der Waals surface area contributed by atoms with Crippen molar-refractivity contribution in [3.05, 3.63) is 59.9 Å². The Balaban J connectivity index is 1.60. The van der Waals surface area contributed by atoms with E-state index >= 15 is 0 Å². The lowest BCUT2D eigenvalue weighted by atomic mass is 10.0. The van der Waals surface area contributed by atoms with Gasteiger partial charge in [-0.15, -0.1) is 0 Å². The summed E-state index contributed by atoms with van der Waals surface area (Å²) in [5.41, 5.74) is 3.84. The molecule has 114 valence electrons. The first-order valence-electron chi connectivity index (χ1n) is 7.37. The van der Waals surface area contributed by atoms with Crippen molar-refractivity contribution in [1.82, 2.24) is 9.61 Å². The molecule has 23 heavy (non-hydrogen) atoms. The van der Waals surface area contributed by atoms with Crippen LogP contribution in [0.1, 0.15) is 22.3 Å². The van der Waals surface area contributed by atoms with Gasteiger partial charge in [0, 0.05) is 24.0 Å². The fourth-order valence-corrected chi connectivity index (χ4v) is 2.77. The average molecular weight is 306 g/mol. The van der Waals surface area contributed by atoms with Crippen LogP contribution < -0.4 is 10.6 Å². The molecule has 3 aromatic rings. The van der Waals surface area contributed by atoms with E-state index in [-0.39, 0.29) is 11.8 Å². The van der Waals surface area contributed by atoms with Crippen LogP contribution in [0.3, 0.4) is 0 Å². The normalized spacial score (nSPS) is 13.5. The molecule has 0 fully saturated rings. The predicted octanol–water partition coefficient (Wildman–Crippen LogP) is 2.47. The first kappa shape index (κ1) is 13.5. The Morgan fingerprint density at radius 1 is 1.22 bits per heavy atom. The van der Waals surface area contributed by atoms with Gasteiger partial charge in [0.25, 0.3) is 5.91 Å². The van der Waals surface area contributed by atoms with Gasteiger partial charge in [0.1, 0.15) is 0 Å². The second-order valence-electron chi connectivity index (χ2n) is 5.46. The molecule has 0 unspecified atom stereocenters. The highest BCUT2D eigenvalue weighted by Crippen LogP contribution is 2.26. The van der Waals surface area contributed by atoms with E-state index in [1.807, 2.05) is 30.3 Å². The van der Waals surface area contributed by atoms with Gasteiger partial charge in [-0.05, 0) is 42.3 Å². The van der Waals surface area contributed by atoms with E-state index in [0.29, 0.717) is 24.1 Å². The highest BCUT2D eigenvalue weighted by Gasteiger charge is 2.16. The zero-order valence-electron chi connectivity index (χ0n) is 12.2. The summed E-state index contributed by atoms with van der Waals surface area (Å²) >= 11 is 0. The molecule has 3 heterocycles. The zero-order valence-corrected chi connectivity index (χ0v) is 12.2. The van der Waals surface area contributed by atoms with Crippen LogP contribution in [0.15, 0.2) is 48.8 Å². The number of anilines is 2. The van der Waals surface area contributed by atoms with Crippen molar-refractivity contribution in [3.63, 3.8) is 0 Å². The maximum absolute atomic E-state index is 12.5. The van der Waals surface area contributed by atoms with Crippen LogP contribution >= 0.6 is 0 Å². The quantitative estimate of drug-likeness (QED) is 0.763. The molecule has 0 radical (unpaired) electrons. The molecule has 0 saturated heterocycles. The molecule has 4 rings (SSSR count). The Labute approximate surface area is 132 Å². The first-order chi connectivity index (χ1) is 11.2. The third-order valence-corrected chi connectivity index (χ3v) is 3.93. The third kappa shape index (κ3) is 2.44. The standard InChI is InChI=1S/C17H14N4O2/c22-16-7-4-11-9-12(5-6-14(11)20-16)19-17(23)13-10-18-21-8-2-1-3-15(13)21/h1-3,5-6,8-10H,4,7H2,(H,19,23)(H,20,22). The highest BCUT2D eigenvalue weighted by molar-refractivity contribution is 6.09. The lowest BCUT2D eigenvalue weighted by molar-refractivity contribution is -0.116. The monoisotopic (exact) mass is 306 g/mol. The Morgan fingerprint density at radius 3 is 3.04 bits per heavy atom. The number of nitrogens with one attached hydrogen (secondary N) is 2. The number of hydrogen-bond acceptors (Lipinski definition) is 3. The lowest BCUT2D eigenvalue weighted by Crippen LogP contribution is -2.19. The SMILES string of the molecule is O=C1CCc2cc(NC(=O)c3cnn4ccccc34)ccc2N1. The van der Waals surface area contributed by atoms with Crippen molar-refractivity contribution in [3.8, 4) is 0 Å². The van der Waals surface area contributed by atoms with Crippen LogP contribution in [0.25, 0.3) is 5.52 Å². The predicted molar refractivity (Wildman–Crippen MR) is 86.5 cm³/mol. The molecule has 1 aliphatic rings. The number of hydrogen-bond donors (Lipinski definition) is 2.